The van der Waals surface area contributed by atoms with Gasteiger partial charge in [0, 0.05) is 18.4 Å². The summed E-state index contributed by atoms with van der Waals surface area (Å²) in [6.07, 6.45) is 5.81. The van der Waals surface area contributed by atoms with Crippen molar-refractivity contribution in [3.8, 4) is 0 Å². The second-order valence-corrected chi connectivity index (χ2v) is 4.52. The number of hydrogen-bond acceptors (Lipinski definition) is 2. The lowest BCUT2D eigenvalue weighted by atomic mass is 10.0. The lowest BCUT2D eigenvalue weighted by molar-refractivity contribution is -0.133. The van der Waals surface area contributed by atoms with Crippen molar-refractivity contribution in [1.82, 2.24) is 4.90 Å². The minimum Gasteiger partial charge on any atom is -0.269 e. The molecule has 2 amide bonds. The predicted molar refractivity (Wildman–Crippen MR) is 70.6 cm³/mol. The summed E-state index contributed by atoms with van der Waals surface area (Å²) >= 11 is 0. The van der Waals surface area contributed by atoms with Crippen LogP contribution in [0.4, 0.5) is 0 Å². The van der Waals surface area contributed by atoms with Crippen LogP contribution >= 0.6 is 0 Å². The molecule has 0 saturated heterocycles. The van der Waals surface area contributed by atoms with Crippen LogP contribution in [0.3, 0.4) is 0 Å². The van der Waals surface area contributed by atoms with E-state index in [0.717, 1.165) is 10.5 Å². The van der Waals surface area contributed by atoms with Crippen molar-refractivity contribution in [3.63, 3.8) is 0 Å². The maximum atomic E-state index is 11.3. The molecule has 0 aromatic heterocycles. The van der Waals surface area contributed by atoms with Crippen molar-refractivity contribution < 1.29 is 9.59 Å². The Balaban J connectivity index is 2.10. The van der Waals surface area contributed by atoms with E-state index in [1.54, 1.807) is 6.08 Å². The van der Waals surface area contributed by atoms with Crippen LogP contribution in [0.25, 0.3) is 6.08 Å². The minimum absolute atomic E-state index is 0.296. The van der Waals surface area contributed by atoms with Crippen LogP contribution in [0, 0.1) is 0 Å². The van der Waals surface area contributed by atoms with E-state index >= 15 is 0 Å². The number of carbonyl (C=O) groups is 2. The highest BCUT2D eigenvalue weighted by Crippen LogP contribution is 2.15. The summed E-state index contributed by atoms with van der Waals surface area (Å²) in [5.41, 5.74) is 2.23. The highest BCUT2D eigenvalue weighted by molar-refractivity contribution is 6.13. The van der Waals surface area contributed by atoms with Crippen molar-refractivity contribution in [2.75, 3.05) is 0 Å². The fourth-order valence-corrected chi connectivity index (χ4v) is 1.71. The number of amides is 2. The molecule has 1 aliphatic rings. The lowest BCUT2D eigenvalue weighted by Crippen LogP contribution is -2.23. The molecule has 92 valence electrons. The van der Waals surface area contributed by atoms with Crippen molar-refractivity contribution in [3.05, 3.63) is 53.7 Å². The van der Waals surface area contributed by atoms with Gasteiger partial charge in [-0.25, -0.2) is 0 Å². The molecule has 3 nitrogen and oxygen atoms in total. The van der Waals surface area contributed by atoms with E-state index in [1.807, 2.05) is 12.1 Å². The topological polar surface area (TPSA) is 37.4 Å². The molecular weight excluding hydrogens is 226 g/mol. The van der Waals surface area contributed by atoms with E-state index in [2.05, 4.69) is 26.0 Å². The molecule has 0 saturated carbocycles. The third kappa shape index (κ3) is 2.56. The van der Waals surface area contributed by atoms with Gasteiger partial charge in [-0.2, -0.15) is 0 Å². The van der Waals surface area contributed by atoms with Crippen molar-refractivity contribution >= 4 is 17.9 Å². The average Bonchev–Trinajstić information content (AvgIpc) is 2.67. The van der Waals surface area contributed by atoms with Gasteiger partial charge in [-0.3, -0.25) is 14.5 Å². The summed E-state index contributed by atoms with van der Waals surface area (Å²) in [4.78, 5) is 23.7. The molecule has 2 rings (SSSR count). The van der Waals surface area contributed by atoms with Gasteiger partial charge >= 0.3 is 0 Å². The SMILES string of the molecule is CC(C)c1ccc(C=CN2C(=O)C=CC2=O)cc1. The van der Waals surface area contributed by atoms with Crippen molar-refractivity contribution in [2.45, 2.75) is 19.8 Å². The zero-order chi connectivity index (χ0) is 13.1. The van der Waals surface area contributed by atoms with Crippen LogP contribution in [-0.4, -0.2) is 16.7 Å². The first-order valence-corrected chi connectivity index (χ1v) is 5.91. The van der Waals surface area contributed by atoms with E-state index in [9.17, 15) is 9.59 Å². The number of rotatable bonds is 3. The second kappa shape index (κ2) is 5.00. The van der Waals surface area contributed by atoms with Crippen LogP contribution in [0.15, 0.2) is 42.6 Å². The van der Waals surface area contributed by atoms with Crippen molar-refractivity contribution in [1.29, 1.82) is 0 Å². The minimum atomic E-state index is -0.296. The largest absolute Gasteiger partial charge is 0.269 e. The highest BCUT2D eigenvalue weighted by atomic mass is 16.2. The van der Waals surface area contributed by atoms with Crippen LogP contribution in [0.2, 0.25) is 0 Å². The normalized spacial score (nSPS) is 15.4. The summed E-state index contributed by atoms with van der Waals surface area (Å²) < 4.78 is 0. The molecule has 1 heterocycles. The van der Waals surface area contributed by atoms with Gasteiger partial charge in [0.05, 0.1) is 0 Å². The van der Waals surface area contributed by atoms with Gasteiger partial charge in [-0.15, -0.1) is 0 Å². The zero-order valence-electron chi connectivity index (χ0n) is 10.5. The highest BCUT2D eigenvalue weighted by Gasteiger charge is 2.20. The molecule has 0 unspecified atom stereocenters. The molecule has 1 aromatic rings. The molecular formula is C15H15NO2. The number of imide groups is 1. The number of benzene rings is 1. The van der Waals surface area contributed by atoms with E-state index < -0.39 is 0 Å². The Labute approximate surface area is 106 Å². The van der Waals surface area contributed by atoms with E-state index in [1.165, 1.54) is 23.9 Å². The summed E-state index contributed by atoms with van der Waals surface area (Å²) in [7, 11) is 0. The summed E-state index contributed by atoms with van der Waals surface area (Å²) in [5.74, 6) is -0.0981. The molecule has 0 bridgehead atoms. The van der Waals surface area contributed by atoms with Gasteiger partial charge in [0.2, 0.25) is 0 Å². The maximum absolute atomic E-state index is 11.3. The third-order valence-electron chi connectivity index (χ3n) is 2.86. The number of carbonyl (C=O) groups excluding carboxylic acids is 2. The molecule has 18 heavy (non-hydrogen) atoms. The summed E-state index contributed by atoms with van der Waals surface area (Å²) in [5, 5.41) is 0. The van der Waals surface area contributed by atoms with Crippen LogP contribution in [0.5, 0.6) is 0 Å². The molecule has 0 radical (unpaired) electrons. The summed E-state index contributed by atoms with van der Waals surface area (Å²) in [6, 6.07) is 8.06. The molecule has 0 fully saturated rings. The van der Waals surface area contributed by atoms with Gasteiger partial charge in [0.25, 0.3) is 11.8 Å². The Morgan fingerprint density at radius 1 is 1.00 bits per heavy atom. The fraction of sp³-hybridized carbons (Fsp3) is 0.200. The van der Waals surface area contributed by atoms with Crippen LogP contribution in [-0.2, 0) is 9.59 Å². The molecule has 1 aromatic carbocycles. The Morgan fingerprint density at radius 2 is 1.56 bits per heavy atom. The van der Waals surface area contributed by atoms with Crippen LogP contribution in [0.1, 0.15) is 30.9 Å². The average molecular weight is 241 g/mol. The van der Waals surface area contributed by atoms with E-state index in [4.69, 9.17) is 0 Å². The molecule has 3 heteroatoms. The Morgan fingerprint density at radius 3 is 2.06 bits per heavy atom. The lowest BCUT2D eigenvalue weighted by Gasteiger charge is -2.07. The van der Waals surface area contributed by atoms with E-state index in [-0.39, 0.29) is 11.8 Å². The molecule has 0 spiro atoms. The second-order valence-electron chi connectivity index (χ2n) is 4.52. The van der Waals surface area contributed by atoms with Crippen LogP contribution < -0.4 is 0 Å². The monoisotopic (exact) mass is 241 g/mol. The fourth-order valence-electron chi connectivity index (χ4n) is 1.71. The first-order chi connectivity index (χ1) is 8.58. The van der Waals surface area contributed by atoms with Gasteiger partial charge in [-0.1, -0.05) is 38.1 Å². The Kier molecular flexibility index (Phi) is 3.42. The van der Waals surface area contributed by atoms with Gasteiger partial charge in [0.1, 0.15) is 0 Å². The molecule has 0 aliphatic carbocycles. The zero-order valence-corrected chi connectivity index (χ0v) is 10.5. The smallest absolute Gasteiger partial charge is 0.257 e. The first kappa shape index (κ1) is 12.3. The van der Waals surface area contributed by atoms with E-state index in [0.29, 0.717) is 5.92 Å². The van der Waals surface area contributed by atoms with Crippen molar-refractivity contribution in [2.24, 2.45) is 0 Å². The van der Waals surface area contributed by atoms with Gasteiger partial charge in [0.15, 0.2) is 0 Å². The Hall–Kier alpha value is -2.16. The summed E-state index contributed by atoms with van der Waals surface area (Å²) in [6.45, 7) is 4.27. The number of nitrogens with zero attached hydrogens (tertiary/aromatic N) is 1. The maximum Gasteiger partial charge on any atom is 0.257 e. The molecule has 0 N–H and O–H groups in total. The third-order valence-corrected chi connectivity index (χ3v) is 2.86. The van der Waals surface area contributed by atoms with Gasteiger partial charge < -0.3 is 0 Å². The Bertz CT molecular complexity index is 506. The first-order valence-electron chi connectivity index (χ1n) is 5.91. The standard InChI is InChI=1S/C15H15NO2/c1-11(2)13-5-3-12(4-6-13)9-10-16-14(17)7-8-15(16)18/h3-11H,1-2H3. The van der Waals surface area contributed by atoms with Gasteiger partial charge in [-0.05, 0) is 23.1 Å². The number of hydrogen-bond donors (Lipinski definition) is 0. The molecule has 0 atom stereocenters. The molecule has 1 aliphatic heterocycles. The quantitative estimate of drug-likeness (QED) is 0.763. The predicted octanol–water partition coefficient (Wildman–Crippen LogP) is 2.71.